The summed E-state index contributed by atoms with van der Waals surface area (Å²) < 4.78 is 5.83. The minimum absolute atomic E-state index is 0. The first kappa shape index (κ1) is 19.0. The van der Waals surface area contributed by atoms with Crippen LogP contribution in [-0.4, -0.2) is 73.7 Å². The van der Waals surface area contributed by atoms with Crippen LogP contribution in [0.15, 0.2) is 0 Å². The maximum atomic E-state index is 12.5. The molecule has 3 aliphatic rings. The molecule has 1 aliphatic carbocycles. The van der Waals surface area contributed by atoms with E-state index < -0.39 is 0 Å². The van der Waals surface area contributed by atoms with E-state index in [1.165, 1.54) is 12.8 Å². The maximum Gasteiger partial charge on any atom is 0.237 e. The van der Waals surface area contributed by atoms with Gasteiger partial charge in [0, 0.05) is 32.7 Å². The highest BCUT2D eigenvalue weighted by atomic mass is 35.5. The lowest BCUT2D eigenvalue weighted by Gasteiger charge is -2.44. The van der Waals surface area contributed by atoms with Crippen molar-refractivity contribution in [3.05, 3.63) is 0 Å². The van der Waals surface area contributed by atoms with Crippen LogP contribution in [0.2, 0.25) is 0 Å². The van der Waals surface area contributed by atoms with E-state index in [4.69, 9.17) is 4.74 Å². The molecule has 2 aliphatic heterocycles. The molecule has 0 spiro atoms. The standard InChI is InChI=1S/C14H25N3O2.2ClH/c18-14(11-16-7-5-15-6-8-16)17-9-10-19-13-4-2-1-3-12(13)17;;/h12-13,15H,1-11H2;2*1H. The van der Waals surface area contributed by atoms with Crippen molar-refractivity contribution >= 4 is 30.7 Å². The highest BCUT2D eigenvalue weighted by molar-refractivity contribution is 5.85. The monoisotopic (exact) mass is 339 g/mol. The van der Waals surface area contributed by atoms with E-state index in [9.17, 15) is 4.79 Å². The van der Waals surface area contributed by atoms with Crippen molar-refractivity contribution in [2.45, 2.75) is 37.8 Å². The molecule has 3 fully saturated rings. The summed E-state index contributed by atoms with van der Waals surface area (Å²) in [5.74, 6) is 0.308. The van der Waals surface area contributed by atoms with E-state index in [1.807, 2.05) is 0 Å². The second-order valence-corrected chi connectivity index (χ2v) is 5.87. The van der Waals surface area contributed by atoms with E-state index in [-0.39, 0.29) is 24.8 Å². The number of nitrogens with zero attached hydrogens (tertiary/aromatic N) is 2. The van der Waals surface area contributed by atoms with Crippen LogP contribution in [0.3, 0.4) is 0 Å². The van der Waals surface area contributed by atoms with Gasteiger partial charge < -0.3 is 15.0 Å². The molecule has 3 rings (SSSR count). The van der Waals surface area contributed by atoms with E-state index in [0.717, 1.165) is 45.6 Å². The average Bonchev–Trinajstić information content (AvgIpc) is 2.47. The number of hydrogen-bond acceptors (Lipinski definition) is 4. The number of morpholine rings is 1. The van der Waals surface area contributed by atoms with Gasteiger partial charge in [0.05, 0.1) is 25.3 Å². The minimum Gasteiger partial charge on any atom is -0.374 e. The Balaban J connectivity index is 0.00000110. The summed E-state index contributed by atoms with van der Waals surface area (Å²) in [7, 11) is 0. The number of piperazine rings is 1. The van der Waals surface area contributed by atoms with Crippen LogP contribution >= 0.6 is 24.8 Å². The third-order valence-electron chi connectivity index (χ3n) is 4.62. The van der Waals surface area contributed by atoms with E-state index in [2.05, 4.69) is 15.1 Å². The SMILES string of the molecule is Cl.Cl.O=C(CN1CCNCC1)N1CCOC2CCCCC21. The third kappa shape index (κ3) is 4.70. The molecule has 124 valence electrons. The van der Waals surface area contributed by atoms with Crippen molar-refractivity contribution in [2.75, 3.05) is 45.9 Å². The smallest absolute Gasteiger partial charge is 0.237 e. The summed E-state index contributed by atoms with van der Waals surface area (Å²) in [4.78, 5) is 16.9. The zero-order valence-corrected chi connectivity index (χ0v) is 14.1. The van der Waals surface area contributed by atoms with Crippen LogP contribution in [0.25, 0.3) is 0 Å². The number of fused-ring (bicyclic) bond motifs is 1. The van der Waals surface area contributed by atoms with Crippen LogP contribution in [0.1, 0.15) is 25.7 Å². The summed E-state index contributed by atoms with van der Waals surface area (Å²) in [6.07, 6.45) is 5.04. The van der Waals surface area contributed by atoms with Crippen LogP contribution in [0.5, 0.6) is 0 Å². The normalized spacial score (nSPS) is 29.8. The van der Waals surface area contributed by atoms with Gasteiger partial charge in [0.25, 0.3) is 0 Å². The van der Waals surface area contributed by atoms with Crippen molar-refractivity contribution in [2.24, 2.45) is 0 Å². The molecule has 0 aromatic carbocycles. The van der Waals surface area contributed by atoms with Gasteiger partial charge in [-0.15, -0.1) is 24.8 Å². The number of hydrogen-bond donors (Lipinski definition) is 1. The number of carbonyl (C=O) groups is 1. The van der Waals surface area contributed by atoms with Crippen molar-refractivity contribution in [1.82, 2.24) is 15.1 Å². The molecule has 7 heteroatoms. The lowest BCUT2D eigenvalue weighted by Crippen LogP contribution is -2.57. The average molecular weight is 340 g/mol. The van der Waals surface area contributed by atoms with Crippen LogP contribution in [0.4, 0.5) is 0 Å². The predicted molar refractivity (Wildman–Crippen MR) is 87.5 cm³/mol. The van der Waals surface area contributed by atoms with Crippen molar-refractivity contribution in [3.8, 4) is 0 Å². The summed E-state index contributed by atoms with van der Waals surface area (Å²) in [6, 6.07) is 0.345. The fourth-order valence-electron chi connectivity index (χ4n) is 3.56. The molecule has 1 N–H and O–H groups in total. The topological polar surface area (TPSA) is 44.8 Å². The van der Waals surface area contributed by atoms with Crippen LogP contribution in [0, 0.1) is 0 Å². The molecule has 0 bridgehead atoms. The van der Waals surface area contributed by atoms with E-state index in [0.29, 0.717) is 31.2 Å². The first-order valence-electron chi connectivity index (χ1n) is 7.69. The Kier molecular flexibility index (Phi) is 8.27. The van der Waals surface area contributed by atoms with Gasteiger partial charge in [-0.05, 0) is 12.8 Å². The molecular formula is C14H27Cl2N3O2. The number of ether oxygens (including phenoxy) is 1. The summed E-state index contributed by atoms with van der Waals surface area (Å²) in [5.41, 5.74) is 0. The number of halogens is 2. The highest BCUT2D eigenvalue weighted by Gasteiger charge is 2.36. The molecule has 0 aromatic heterocycles. The molecule has 0 aromatic rings. The quantitative estimate of drug-likeness (QED) is 0.812. The van der Waals surface area contributed by atoms with Gasteiger partial charge in [-0.25, -0.2) is 0 Å². The largest absolute Gasteiger partial charge is 0.374 e. The summed E-state index contributed by atoms with van der Waals surface area (Å²) >= 11 is 0. The molecule has 2 heterocycles. The van der Waals surface area contributed by atoms with Gasteiger partial charge in [0.15, 0.2) is 0 Å². The number of amides is 1. The van der Waals surface area contributed by atoms with E-state index in [1.54, 1.807) is 0 Å². The Hall–Kier alpha value is -0.0700. The molecule has 2 atom stereocenters. The Morgan fingerprint density at radius 2 is 1.81 bits per heavy atom. The Morgan fingerprint density at radius 3 is 2.57 bits per heavy atom. The molecule has 21 heavy (non-hydrogen) atoms. The van der Waals surface area contributed by atoms with Gasteiger partial charge in [0.2, 0.25) is 5.91 Å². The lowest BCUT2D eigenvalue weighted by molar-refractivity contribution is -0.150. The van der Waals surface area contributed by atoms with Gasteiger partial charge in [-0.2, -0.15) is 0 Å². The van der Waals surface area contributed by atoms with Crippen molar-refractivity contribution < 1.29 is 9.53 Å². The Labute approximate surface area is 139 Å². The van der Waals surface area contributed by atoms with Crippen molar-refractivity contribution in [3.63, 3.8) is 0 Å². The number of carbonyl (C=O) groups excluding carboxylic acids is 1. The number of rotatable bonds is 2. The molecule has 2 saturated heterocycles. The van der Waals surface area contributed by atoms with Gasteiger partial charge >= 0.3 is 0 Å². The molecule has 0 radical (unpaired) electrons. The fraction of sp³-hybridized carbons (Fsp3) is 0.929. The summed E-state index contributed by atoms with van der Waals surface area (Å²) in [5, 5.41) is 3.33. The third-order valence-corrected chi connectivity index (χ3v) is 4.62. The second kappa shape index (κ2) is 9.16. The van der Waals surface area contributed by atoms with Crippen LogP contribution in [-0.2, 0) is 9.53 Å². The first-order chi connectivity index (χ1) is 9.34. The maximum absolute atomic E-state index is 12.5. The number of nitrogens with one attached hydrogen (secondary N) is 1. The van der Waals surface area contributed by atoms with Gasteiger partial charge in [-0.1, -0.05) is 12.8 Å². The van der Waals surface area contributed by atoms with Crippen LogP contribution < -0.4 is 5.32 Å². The van der Waals surface area contributed by atoms with Gasteiger partial charge in [0.1, 0.15) is 0 Å². The van der Waals surface area contributed by atoms with Gasteiger partial charge in [-0.3, -0.25) is 9.69 Å². The zero-order valence-electron chi connectivity index (χ0n) is 12.5. The highest BCUT2D eigenvalue weighted by Crippen LogP contribution is 2.28. The zero-order chi connectivity index (χ0) is 13.1. The first-order valence-corrected chi connectivity index (χ1v) is 7.69. The molecule has 1 saturated carbocycles. The van der Waals surface area contributed by atoms with E-state index >= 15 is 0 Å². The fourth-order valence-corrected chi connectivity index (χ4v) is 3.56. The molecule has 5 nitrogen and oxygen atoms in total. The minimum atomic E-state index is 0. The molecule has 2 unspecified atom stereocenters. The summed E-state index contributed by atoms with van der Waals surface area (Å²) in [6.45, 7) is 6.07. The Bertz CT molecular complexity index is 325. The predicted octanol–water partition coefficient (Wildman–Crippen LogP) is 0.905. The van der Waals surface area contributed by atoms with Crippen molar-refractivity contribution in [1.29, 1.82) is 0 Å². The second-order valence-electron chi connectivity index (χ2n) is 5.87. The molecule has 1 amide bonds. The molecular weight excluding hydrogens is 313 g/mol. The Morgan fingerprint density at radius 1 is 1.10 bits per heavy atom. The lowest BCUT2D eigenvalue weighted by atomic mass is 9.90.